The number of pyridine rings is 1. The molecule has 0 aliphatic heterocycles. The zero-order valence-corrected chi connectivity index (χ0v) is 10.2. The van der Waals surface area contributed by atoms with Gasteiger partial charge in [-0.15, -0.1) is 0 Å². The van der Waals surface area contributed by atoms with Crippen LogP contribution < -0.4 is 9.47 Å². The molecule has 4 nitrogen and oxygen atoms in total. The Morgan fingerprint density at radius 2 is 1.89 bits per heavy atom. The van der Waals surface area contributed by atoms with Crippen LogP contribution >= 0.6 is 0 Å². The zero-order chi connectivity index (χ0) is 12.8. The highest BCUT2D eigenvalue weighted by molar-refractivity contribution is 5.27. The van der Waals surface area contributed by atoms with Crippen molar-refractivity contribution in [3.05, 3.63) is 53.7 Å². The summed E-state index contributed by atoms with van der Waals surface area (Å²) >= 11 is 0. The van der Waals surface area contributed by atoms with Crippen molar-refractivity contribution in [3.8, 4) is 11.6 Å². The third-order valence-electron chi connectivity index (χ3n) is 2.48. The minimum absolute atomic E-state index is 0.0394. The monoisotopic (exact) mass is 245 g/mol. The summed E-state index contributed by atoms with van der Waals surface area (Å²) in [6.07, 6.45) is 0. The molecular formula is C14H15NO3. The van der Waals surface area contributed by atoms with Gasteiger partial charge in [0, 0.05) is 6.07 Å². The van der Waals surface area contributed by atoms with Gasteiger partial charge in [0.05, 0.1) is 19.4 Å². The van der Waals surface area contributed by atoms with Crippen LogP contribution in [-0.2, 0) is 13.2 Å². The first-order valence-corrected chi connectivity index (χ1v) is 5.64. The lowest BCUT2D eigenvalue weighted by Crippen LogP contribution is -1.99. The molecule has 0 radical (unpaired) electrons. The summed E-state index contributed by atoms with van der Waals surface area (Å²) in [6.45, 7) is 0.424. The van der Waals surface area contributed by atoms with E-state index in [1.807, 2.05) is 36.4 Å². The number of aliphatic hydroxyl groups excluding tert-OH is 1. The molecule has 0 saturated heterocycles. The van der Waals surface area contributed by atoms with Crippen molar-refractivity contribution in [3.63, 3.8) is 0 Å². The van der Waals surface area contributed by atoms with Crippen molar-refractivity contribution in [1.82, 2.24) is 4.98 Å². The van der Waals surface area contributed by atoms with Crippen LogP contribution in [0.3, 0.4) is 0 Å². The quantitative estimate of drug-likeness (QED) is 0.877. The van der Waals surface area contributed by atoms with Crippen LogP contribution in [0.25, 0.3) is 0 Å². The predicted molar refractivity (Wildman–Crippen MR) is 67.5 cm³/mol. The van der Waals surface area contributed by atoms with Gasteiger partial charge in [-0.1, -0.05) is 18.2 Å². The number of benzene rings is 1. The normalized spacial score (nSPS) is 10.1. The van der Waals surface area contributed by atoms with Crippen LogP contribution in [0.5, 0.6) is 11.6 Å². The fourth-order valence-corrected chi connectivity index (χ4v) is 1.50. The molecular weight excluding hydrogens is 230 g/mol. The van der Waals surface area contributed by atoms with E-state index < -0.39 is 0 Å². The van der Waals surface area contributed by atoms with Crippen LogP contribution in [-0.4, -0.2) is 17.2 Å². The van der Waals surface area contributed by atoms with Crippen molar-refractivity contribution in [2.75, 3.05) is 7.11 Å². The largest absolute Gasteiger partial charge is 0.487 e. The Balaban J connectivity index is 1.97. The number of hydrogen-bond donors (Lipinski definition) is 1. The summed E-state index contributed by atoms with van der Waals surface area (Å²) in [5.41, 5.74) is 1.67. The van der Waals surface area contributed by atoms with Gasteiger partial charge in [-0.05, 0) is 23.8 Å². The van der Waals surface area contributed by atoms with E-state index >= 15 is 0 Å². The summed E-state index contributed by atoms with van der Waals surface area (Å²) in [5, 5.41) is 8.93. The first kappa shape index (κ1) is 12.4. The van der Waals surface area contributed by atoms with E-state index in [9.17, 15) is 0 Å². The van der Waals surface area contributed by atoms with Gasteiger partial charge in [0.1, 0.15) is 12.4 Å². The molecule has 0 atom stereocenters. The Kier molecular flexibility index (Phi) is 4.15. The Labute approximate surface area is 106 Å². The fourth-order valence-electron chi connectivity index (χ4n) is 1.50. The first-order valence-electron chi connectivity index (χ1n) is 5.64. The van der Waals surface area contributed by atoms with Gasteiger partial charge in [-0.3, -0.25) is 0 Å². The molecule has 1 heterocycles. The molecule has 1 aromatic heterocycles. The molecule has 0 bridgehead atoms. The molecule has 0 amide bonds. The van der Waals surface area contributed by atoms with Gasteiger partial charge >= 0.3 is 0 Å². The fraction of sp³-hybridized carbons (Fsp3) is 0.214. The minimum Gasteiger partial charge on any atom is -0.487 e. The van der Waals surface area contributed by atoms with Crippen molar-refractivity contribution < 1.29 is 14.6 Å². The smallest absolute Gasteiger partial charge is 0.213 e. The third kappa shape index (κ3) is 3.21. The van der Waals surface area contributed by atoms with E-state index in [2.05, 4.69) is 4.98 Å². The lowest BCUT2D eigenvalue weighted by Gasteiger charge is -2.07. The highest BCUT2D eigenvalue weighted by Gasteiger charge is 1.99. The zero-order valence-electron chi connectivity index (χ0n) is 10.2. The number of ether oxygens (including phenoxy) is 2. The van der Waals surface area contributed by atoms with Crippen molar-refractivity contribution >= 4 is 0 Å². The summed E-state index contributed by atoms with van der Waals surface area (Å²) in [4.78, 5) is 4.25. The lowest BCUT2D eigenvalue weighted by atomic mass is 10.2. The first-order chi connectivity index (χ1) is 8.81. The van der Waals surface area contributed by atoms with E-state index in [1.165, 1.54) is 0 Å². The number of rotatable bonds is 5. The summed E-state index contributed by atoms with van der Waals surface area (Å²) < 4.78 is 10.6. The maximum atomic E-state index is 8.93. The molecule has 2 aromatic rings. The number of nitrogens with zero attached hydrogens (tertiary/aromatic N) is 1. The number of aliphatic hydroxyl groups is 1. The van der Waals surface area contributed by atoms with Gasteiger partial charge in [0.25, 0.3) is 0 Å². The maximum Gasteiger partial charge on any atom is 0.213 e. The topological polar surface area (TPSA) is 51.6 Å². The third-order valence-corrected chi connectivity index (χ3v) is 2.48. The van der Waals surface area contributed by atoms with Gasteiger partial charge in [-0.2, -0.15) is 0 Å². The van der Waals surface area contributed by atoms with Gasteiger partial charge in [0.2, 0.25) is 5.88 Å². The van der Waals surface area contributed by atoms with E-state index in [0.29, 0.717) is 12.5 Å². The summed E-state index contributed by atoms with van der Waals surface area (Å²) in [7, 11) is 1.58. The number of hydrogen-bond acceptors (Lipinski definition) is 4. The second-order valence-corrected chi connectivity index (χ2v) is 3.76. The second-order valence-electron chi connectivity index (χ2n) is 3.76. The molecule has 1 aromatic carbocycles. The summed E-state index contributed by atoms with van der Waals surface area (Å²) in [6, 6.07) is 12.9. The van der Waals surface area contributed by atoms with E-state index in [1.54, 1.807) is 13.2 Å². The van der Waals surface area contributed by atoms with Crippen molar-refractivity contribution in [2.24, 2.45) is 0 Å². The lowest BCUT2D eigenvalue weighted by molar-refractivity contribution is 0.280. The molecule has 0 fully saturated rings. The van der Waals surface area contributed by atoms with Crippen LogP contribution in [0.2, 0.25) is 0 Å². The SMILES string of the molecule is COc1cccc(COc2ccc(CO)cc2)n1. The molecule has 0 aliphatic rings. The Hall–Kier alpha value is -2.07. The molecule has 0 saturated carbocycles. The Bertz CT molecular complexity index is 497. The molecule has 0 spiro atoms. The predicted octanol–water partition coefficient (Wildman–Crippen LogP) is 2.16. The average molecular weight is 245 g/mol. The van der Waals surface area contributed by atoms with Crippen LogP contribution in [0.15, 0.2) is 42.5 Å². The average Bonchev–Trinajstić information content (AvgIpc) is 2.46. The highest BCUT2D eigenvalue weighted by Crippen LogP contribution is 2.14. The number of methoxy groups -OCH3 is 1. The second kappa shape index (κ2) is 6.02. The molecule has 18 heavy (non-hydrogen) atoms. The van der Waals surface area contributed by atoms with Crippen LogP contribution in [0, 0.1) is 0 Å². The van der Waals surface area contributed by atoms with Crippen molar-refractivity contribution in [1.29, 1.82) is 0 Å². The van der Waals surface area contributed by atoms with E-state index in [-0.39, 0.29) is 6.61 Å². The van der Waals surface area contributed by atoms with E-state index in [0.717, 1.165) is 17.0 Å². The van der Waals surface area contributed by atoms with E-state index in [4.69, 9.17) is 14.6 Å². The Morgan fingerprint density at radius 3 is 2.56 bits per heavy atom. The Morgan fingerprint density at radius 1 is 1.11 bits per heavy atom. The molecule has 4 heteroatoms. The summed E-state index contributed by atoms with van der Waals surface area (Å²) in [5.74, 6) is 1.32. The maximum absolute atomic E-state index is 8.93. The van der Waals surface area contributed by atoms with Gasteiger partial charge in [0.15, 0.2) is 0 Å². The number of aromatic nitrogens is 1. The molecule has 1 N–H and O–H groups in total. The highest BCUT2D eigenvalue weighted by atomic mass is 16.5. The molecule has 0 aliphatic carbocycles. The van der Waals surface area contributed by atoms with Gasteiger partial charge < -0.3 is 14.6 Å². The van der Waals surface area contributed by atoms with Crippen LogP contribution in [0.1, 0.15) is 11.3 Å². The molecule has 0 unspecified atom stereocenters. The minimum atomic E-state index is 0.0394. The standard InChI is InChI=1S/C14H15NO3/c1-17-14-4-2-3-12(15-14)10-18-13-7-5-11(9-16)6-8-13/h2-8,16H,9-10H2,1H3. The van der Waals surface area contributed by atoms with Crippen LogP contribution in [0.4, 0.5) is 0 Å². The van der Waals surface area contributed by atoms with Crippen molar-refractivity contribution in [2.45, 2.75) is 13.2 Å². The van der Waals surface area contributed by atoms with Gasteiger partial charge in [-0.25, -0.2) is 4.98 Å². The molecule has 2 rings (SSSR count). The molecule has 94 valence electrons.